The van der Waals surface area contributed by atoms with Crippen molar-refractivity contribution >= 4 is 56.8 Å². The smallest absolute Gasteiger partial charge is 0.0562 e. The van der Waals surface area contributed by atoms with Crippen LogP contribution in [0.1, 0.15) is 22.4 Å². The first-order valence-corrected chi connectivity index (χ1v) is 12.5. The minimum Gasteiger partial charge on any atom is -0.383 e. The predicted octanol–water partition coefficient (Wildman–Crippen LogP) is 8.30. The van der Waals surface area contributed by atoms with Gasteiger partial charge in [-0.05, 0) is 55.1 Å². The van der Waals surface area contributed by atoms with Crippen LogP contribution in [0.2, 0.25) is 10.0 Å². The van der Waals surface area contributed by atoms with Crippen LogP contribution in [0.3, 0.4) is 0 Å². The van der Waals surface area contributed by atoms with E-state index in [0.29, 0.717) is 23.1 Å². The van der Waals surface area contributed by atoms with E-state index in [9.17, 15) is 0 Å². The van der Waals surface area contributed by atoms with Gasteiger partial charge in [0.1, 0.15) is 0 Å². The highest BCUT2D eigenvalue weighted by Gasteiger charge is 2.14. The molecule has 0 aliphatic heterocycles. The number of anilines is 1. The summed E-state index contributed by atoms with van der Waals surface area (Å²) < 4.78 is 2.31. The lowest BCUT2D eigenvalue weighted by molar-refractivity contribution is 0.804. The molecule has 4 aromatic carbocycles. The highest BCUT2D eigenvalue weighted by Crippen LogP contribution is 2.29. The summed E-state index contributed by atoms with van der Waals surface area (Å²) in [6, 6.07) is 27.0. The Morgan fingerprint density at radius 3 is 2.57 bits per heavy atom. The minimum absolute atomic E-state index is 0.647. The standard InChI is InChI=1S/C30H27Cl2N3/c1-20-10-13-30-26(16-20)27(21(2)35(30)19-23-11-12-24(31)17-28(23)32)18-33-14-15-34-29-9-5-7-22-6-3-4-8-25(22)29/h3-13,16-18,34H,14-15,19H2,1-2H3. The second kappa shape index (κ2) is 10.2. The van der Waals surface area contributed by atoms with Crippen LogP contribution >= 0.6 is 23.2 Å². The molecule has 0 saturated carbocycles. The molecule has 0 radical (unpaired) electrons. The van der Waals surface area contributed by atoms with Crippen molar-refractivity contribution in [3.8, 4) is 0 Å². The molecule has 0 spiro atoms. The van der Waals surface area contributed by atoms with Crippen molar-refractivity contribution < 1.29 is 0 Å². The number of nitrogens with zero attached hydrogens (tertiary/aromatic N) is 2. The quantitative estimate of drug-likeness (QED) is 0.177. The van der Waals surface area contributed by atoms with Crippen LogP contribution < -0.4 is 5.32 Å². The van der Waals surface area contributed by atoms with Gasteiger partial charge in [0, 0.05) is 62.6 Å². The van der Waals surface area contributed by atoms with E-state index in [-0.39, 0.29) is 0 Å². The molecule has 0 amide bonds. The van der Waals surface area contributed by atoms with Crippen LogP contribution in [0.15, 0.2) is 83.9 Å². The molecule has 3 nitrogen and oxygen atoms in total. The Bertz CT molecular complexity index is 1540. The van der Waals surface area contributed by atoms with Crippen molar-refractivity contribution in [3.05, 3.63) is 111 Å². The zero-order chi connectivity index (χ0) is 24.4. The second-order valence-corrected chi connectivity index (χ2v) is 9.67. The second-order valence-electron chi connectivity index (χ2n) is 8.83. The van der Waals surface area contributed by atoms with Crippen molar-refractivity contribution in [2.24, 2.45) is 4.99 Å². The Kier molecular flexibility index (Phi) is 6.81. The number of nitrogens with one attached hydrogen (secondary N) is 1. The maximum atomic E-state index is 6.49. The van der Waals surface area contributed by atoms with Crippen LogP contribution in [0, 0.1) is 13.8 Å². The third-order valence-corrected chi connectivity index (χ3v) is 7.02. The van der Waals surface area contributed by atoms with E-state index in [1.807, 2.05) is 18.3 Å². The number of hydrogen-bond acceptors (Lipinski definition) is 2. The van der Waals surface area contributed by atoms with Crippen LogP contribution in [0.4, 0.5) is 5.69 Å². The average Bonchev–Trinajstić information content (AvgIpc) is 3.10. The first-order chi connectivity index (χ1) is 17.0. The van der Waals surface area contributed by atoms with Gasteiger partial charge >= 0.3 is 0 Å². The number of aryl methyl sites for hydroxylation is 1. The lowest BCUT2D eigenvalue weighted by atomic mass is 10.1. The van der Waals surface area contributed by atoms with E-state index in [1.165, 1.54) is 32.9 Å². The van der Waals surface area contributed by atoms with Crippen molar-refractivity contribution in [3.63, 3.8) is 0 Å². The number of halogens is 2. The SMILES string of the molecule is Cc1ccc2c(c1)c(C=NCCNc1cccc3ccccc13)c(C)n2Cc1ccc(Cl)cc1Cl. The minimum atomic E-state index is 0.647. The van der Waals surface area contributed by atoms with E-state index < -0.39 is 0 Å². The van der Waals surface area contributed by atoms with Crippen LogP contribution in [0.25, 0.3) is 21.7 Å². The molecule has 0 unspecified atom stereocenters. The Balaban J connectivity index is 1.37. The molecule has 5 heteroatoms. The summed E-state index contributed by atoms with van der Waals surface area (Å²) in [6.45, 7) is 6.40. The van der Waals surface area contributed by atoms with Crippen molar-refractivity contribution in [2.45, 2.75) is 20.4 Å². The highest BCUT2D eigenvalue weighted by atomic mass is 35.5. The van der Waals surface area contributed by atoms with Crippen LogP contribution in [-0.4, -0.2) is 23.9 Å². The summed E-state index contributed by atoms with van der Waals surface area (Å²) in [4.78, 5) is 4.78. The molecule has 0 atom stereocenters. The third-order valence-electron chi connectivity index (χ3n) is 6.44. The van der Waals surface area contributed by atoms with Gasteiger partial charge in [-0.15, -0.1) is 0 Å². The predicted molar refractivity (Wildman–Crippen MR) is 152 cm³/mol. The molecule has 0 aliphatic carbocycles. The molecule has 0 fully saturated rings. The molecule has 0 bridgehead atoms. The fraction of sp³-hybridized carbons (Fsp3) is 0.167. The summed E-state index contributed by atoms with van der Waals surface area (Å²) in [5.41, 5.74) is 6.91. The molecule has 1 N–H and O–H groups in total. The maximum Gasteiger partial charge on any atom is 0.0562 e. The fourth-order valence-electron chi connectivity index (χ4n) is 4.60. The summed E-state index contributed by atoms with van der Waals surface area (Å²) in [6.07, 6.45) is 2.02. The van der Waals surface area contributed by atoms with Gasteiger partial charge in [0.25, 0.3) is 0 Å². The zero-order valence-electron chi connectivity index (χ0n) is 19.9. The topological polar surface area (TPSA) is 29.3 Å². The Labute approximate surface area is 216 Å². The van der Waals surface area contributed by atoms with Crippen LogP contribution in [-0.2, 0) is 6.54 Å². The molecule has 0 saturated heterocycles. The monoisotopic (exact) mass is 499 g/mol. The van der Waals surface area contributed by atoms with Gasteiger partial charge in [-0.25, -0.2) is 0 Å². The molecule has 5 aromatic rings. The van der Waals surface area contributed by atoms with Gasteiger partial charge in [-0.2, -0.15) is 0 Å². The number of fused-ring (bicyclic) bond motifs is 2. The summed E-state index contributed by atoms with van der Waals surface area (Å²) in [7, 11) is 0. The van der Waals surface area contributed by atoms with Crippen molar-refractivity contribution in [1.29, 1.82) is 0 Å². The van der Waals surface area contributed by atoms with Crippen LogP contribution in [0.5, 0.6) is 0 Å². The highest BCUT2D eigenvalue weighted by molar-refractivity contribution is 6.35. The first kappa shape index (κ1) is 23.5. The Morgan fingerprint density at radius 2 is 1.71 bits per heavy atom. The number of aromatic nitrogens is 1. The van der Waals surface area contributed by atoms with E-state index in [0.717, 1.165) is 23.4 Å². The molecule has 1 aromatic heterocycles. The van der Waals surface area contributed by atoms with Gasteiger partial charge in [0.2, 0.25) is 0 Å². The number of rotatable bonds is 7. The van der Waals surface area contributed by atoms with E-state index in [4.69, 9.17) is 28.2 Å². The van der Waals surface area contributed by atoms with E-state index in [2.05, 4.69) is 84.4 Å². The third kappa shape index (κ3) is 4.93. The van der Waals surface area contributed by atoms with Gasteiger partial charge in [0.15, 0.2) is 0 Å². The normalized spacial score (nSPS) is 11.7. The summed E-state index contributed by atoms with van der Waals surface area (Å²) in [5.74, 6) is 0. The summed E-state index contributed by atoms with van der Waals surface area (Å²) in [5, 5.41) is 8.54. The average molecular weight is 500 g/mol. The van der Waals surface area contributed by atoms with Gasteiger partial charge in [-0.1, -0.05) is 77.3 Å². The molecule has 35 heavy (non-hydrogen) atoms. The number of hydrogen-bond donors (Lipinski definition) is 1. The zero-order valence-corrected chi connectivity index (χ0v) is 21.4. The van der Waals surface area contributed by atoms with Gasteiger partial charge < -0.3 is 9.88 Å². The van der Waals surface area contributed by atoms with Gasteiger partial charge in [0.05, 0.1) is 6.54 Å². The largest absolute Gasteiger partial charge is 0.383 e. The van der Waals surface area contributed by atoms with Crippen molar-refractivity contribution in [1.82, 2.24) is 4.57 Å². The van der Waals surface area contributed by atoms with E-state index >= 15 is 0 Å². The molecule has 5 rings (SSSR count). The summed E-state index contributed by atoms with van der Waals surface area (Å²) >= 11 is 12.6. The lowest BCUT2D eigenvalue weighted by Gasteiger charge is -2.11. The molecular weight excluding hydrogens is 473 g/mol. The number of aliphatic imine (C=N–C) groups is 1. The molecule has 1 heterocycles. The van der Waals surface area contributed by atoms with Gasteiger partial charge in [-0.3, -0.25) is 4.99 Å². The van der Waals surface area contributed by atoms with Crippen molar-refractivity contribution in [2.75, 3.05) is 18.4 Å². The molecule has 0 aliphatic rings. The molecule has 176 valence electrons. The maximum absolute atomic E-state index is 6.49. The van der Waals surface area contributed by atoms with E-state index in [1.54, 1.807) is 6.07 Å². The lowest BCUT2D eigenvalue weighted by Crippen LogP contribution is -2.05. The Hall–Kier alpha value is -3.27. The Morgan fingerprint density at radius 1 is 0.886 bits per heavy atom. The fourth-order valence-corrected chi connectivity index (χ4v) is 5.07. The molecular formula is C30H27Cl2N3. The number of benzene rings is 4. The first-order valence-electron chi connectivity index (χ1n) is 11.8.